The average Bonchev–Trinajstić information content (AvgIpc) is 3.35. The zero-order valence-corrected chi connectivity index (χ0v) is 17.2. The van der Waals surface area contributed by atoms with Crippen LogP contribution in [0.25, 0.3) is 22.6 Å². The van der Waals surface area contributed by atoms with Crippen LogP contribution in [-0.2, 0) is 19.4 Å². The van der Waals surface area contributed by atoms with Gasteiger partial charge in [0.2, 0.25) is 0 Å². The van der Waals surface area contributed by atoms with Gasteiger partial charge in [0, 0.05) is 23.9 Å². The van der Waals surface area contributed by atoms with Crippen molar-refractivity contribution in [2.75, 3.05) is 14.2 Å². The number of ether oxygens (including phenoxy) is 2. The van der Waals surface area contributed by atoms with Gasteiger partial charge in [-0.3, -0.25) is 0 Å². The molecule has 5 heteroatoms. The minimum absolute atomic E-state index is 0.745. The fraction of sp³-hybridized carbons (Fsp3) is 0.240. The third-order valence-corrected chi connectivity index (χ3v) is 5.80. The topological polar surface area (TPSA) is 49.4 Å². The summed E-state index contributed by atoms with van der Waals surface area (Å²) in [5, 5.41) is 4.07. The van der Waals surface area contributed by atoms with Crippen molar-refractivity contribution in [3.8, 4) is 34.1 Å². The molecule has 0 saturated carbocycles. The van der Waals surface area contributed by atoms with Crippen LogP contribution in [0, 0.1) is 0 Å². The van der Waals surface area contributed by atoms with Crippen LogP contribution in [0.5, 0.6) is 11.5 Å². The normalized spacial score (nSPS) is 12.7. The quantitative estimate of drug-likeness (QED) is 0.452. The molecule has 0 unspecified atom stereocenters. The Morgan fingerprint density at radius 2 is 1.83 bits per heavy atom. The summed E-state index contributed by atoms with van der Waals surface area (Å²) in [6.07, 6.45) is 7.14. The molecular formula is C25H24N2O3. The van der Waals surface area contributed by atoms with Crippen molar-refractivity contribution >= 4 is 0 Å². The number of methoxy groups -OCH3 is 2. The van der Waals surface area contributed by atoms with Crippen LogP contribution >= 0.6 is 0 Å². The number of hydrogen-bond acceptors (Lipinski definition) is 4. The van der Waals surface area contributed by atoms with Gasteiger partial charge in [-0.15, -0.1) is 0 Å². The van der Waals surface area contributed by atoms with Gasteiger partial charge in [-0.2, -0.15) is 0 Å². The van der Waals surface area contributed by atoms with E-state index in [-0.39, 0.29) is 0 Å². The predicted molar refractivity (Wildman–Crippen MR) is 116 cm³/mol. The molecule has 152 valence electrons. The molecule has 0 radical (unpaired) electrons. The molecule has 0 aliphatic heterocycles. The Bertz CT molecular complexity index is 1170. The van der Waals surface area contributed by atoms with Crippen LogP contribution in [0.3, 0.4) is 0 Å². The molecular weight excluding hydrogens is 376 g/mol. The third kappa shape index (κ3) is 3.26. The average molecular weight is 400 g/mol. The smallest absolute Gasteiger partial charge is 0.171 e. The Hall–Kier alpha value is -3.47. The van der Waals surface area contributed by atoms with E-state index >= 15 is 0 Å². The highest BCUT2D eigenvalue weighted by atomic mass is 16.5. The molecule has 0 fully saturated rings. The maximum atomic E-state index is 5.69. The second-order valence-corrected chi connectivity index (χ2v) is 7.61. The monoisotopic (exact) mass is 400 g/mol. The van der Waals surface area contributed by atoms with E-state index < -0.39 is 0 Å². The minimum atomic E-state index is 0.745. The Morgan fingerprint density at radius 3 is 2.63 bits per heavy atom. The van der Waals surface area contributed by atoms with E-state index in [0.717, 1.165) is 48.6 Å². The summed E-state index contributed by atoms with van der Waals surface area (Å²) >= 11 is 0. The highest BCUT2D eigenvalue weighted by molar-refractivity contribution is 5.77. The molecule has 30 heavy (non-hydrogen) atoms. The molecule has 0 amide bonds. The van der Waals surface area contributed by atoms with Crippen LogP contribution in [-0.4, -0.2) is 23.9 Å². The standard InChI is InChI=1S/C25H24N2O3/c1-28-20-11-9-18(10-12-20)24-22-8-4-6-19-14-26-30-25(19)23(22)16-27(24)15-17-5-3-7-21(13-17)29-2/h3,5,7,9-14,16H,4,6,8,15H2,1-2H3. The lowest BCUT2D eigenvalue weighted by Gasteiger charge is -2.13. The SMILES string of the molecule is COc1ccc(-c2c3c(cn2Cc2cccc(OC)c2)-c2oncc2CCC3)cc1. The Kier molecular flexibility index (Phi) is 4.79. The first kappa shape index (κ1) is 18.6. The Balaban J connectivity index is 1.66. The van der Waals surface area contributed by atoms with Gasteiger partial charge in [-0.1, -0.05) is 17.3 Å². The second-order valence-electron chi connectivity index (χ2n) is 7.61. The molecule has 0 saturated heterocycles. The van der Waals surface area contributed by atoms with Gasteiger partial charge in [0.1, 0.15) is 11.5 Å². The minimum Gasteiger partial charge on any atom is -0.497 e. The van der Waals surface area contributed by atoms with E-state index in [9.17, 15) is 0 Å². The first-order valence-corrected chi connectivity index (χ1v) is 10.2. The van der Waals surface area contributed by atoms with Crippen LogP contribution in [0.4, 0.5) is 0 Å². The fourth-order valence-corrected chi connectivity index (χ4v) is 4.34. The molecule has 0 spiro atoms. The van der Waals surface area contributed by atoms with Crippen molar-refractivity contribution in [2.24, 2.45) is 0 Å². The van der Waals surface area contributed by atoms with E-state index in [1.54, 1.807) is 14.2 Å². The summed E-state index contributed by atoms with van der Waals surface area (Å²) < 4.78 is 18.8. The highest BCUT2D eigenvalue weighted by Crippen LogP contribution is 2.40. The molecule has 1 aliphatic rings. The zero-order chi connectivity index (χ0) is 20.5. The molecule has 2 aromatic carbocycles. The summed E-state index contributed by atoms with van der Waals surface area (Å²) in [5.41, 5.74) is 7.23. The van der Waals surface area contributed by atoms with Crippen LogP contribution in [0.1, 0.15) is 23.1 Å². The highest BCUT2D eigenvalue weighted by Gasteiger charge is 2.25. The number of hydrogen-bond donors (Lipinski definition) is 0. The molecule has 0 N–H and O–H groups in total. The number of aromatic nitrogens is 2. The van der Waals surface area contributed by atoms with Gasteiger partial charge >= 0.3 is 0 Å². The summed E-state index contributed by atoms with van der Waals surface area (Å²) in [5.74, 6) is 2.62. The largest absolute Gasteiger partial charge is 0.497 e. The summed E-state index contributed by atoms with van der Waals surface area (Å²) in [6.45, 7) is 0.745. The molecule has 0 atom stereocenters. The second kappa shape index (κ2) is 7.75. The maximum absolute atomic E-state index is 5.69. The van der Waals surface area contributed by atoms with Crippen molar-refractivity contribution in [1.82, 2.24) is 9.72 Å². The van der Waals surface area contributed by atoms with Gasteiger partial charge in [0.25, 0.3) is 0 Å². The first-order chi connectivity index (χ1) is 14.8. The zero-order valence-electron chi connectivity index (χ0n) is 17.2. The van der Waals surface area contributed by atoms with Gasteiger partial charge in [-0.05, 0) is 72.4 Å². The molecule has 4 aromatic rings. The molecule has 5 nitrogen and oxygen atoms in total. The fourth-order valence-electron chi connectivity index (χ4n) is 4.34. The molecule has 2 heterocycles. The van der Waals surface area contributed by atoms with Gasteiger partial charge in [-0.25, -0.2) is 0 Å². The lowest BCUT2D eigenvalue weighted by atomic mass is 10.0. The predicted octanol–water partition coefficient (Wildman–Crippen LogP) is 5.36. The summed E-state index contributed by atoms with van der Waals surface area (Å²) in [6, 6.07) is 16.5. The molecule has 2 aromatic heterocycles. The maximum Gasteiger partial charge on any atom is 0.171 e. The molecule has 0 bridgehead atoms. The van der Waals surface area contributed by atoms with Crippen molar-refractivity contribution in [2.45, 2.75) is 25.8 Å². The molecule has 5 rings (SSSR count). The van der Waals surface area contributed by atoms with Gasteiger partial charge < -0.3 is 18.6 Å². The summed E-state index contributed by atoms with van der Waals surface area (Å²) in [4.78, 5) is 0. The van der Waals surface area contributed by atoms with E-state index in [4.69, 9.17) is 14.0 Å². The number of benzene rings is 2. The first-order valence-electron chi connectivity index (χ1n) is 10.2. The van der Waals surface area contributed by atoms with Crippen LogP contribution in [0.2, 0.25) is 0 Å². The lowest BCUT2D eigenvalue weighted by Crippen LogP contribution is -2.02. The van der Waals surface area contributed by atoms with E-state index in [2.05, 4.69) is 40.2 Å². The van der Waals surface area contributed by atoms with Crippen molar-refractivity contribution in [3.05, 3.63) is 77.6 Å². The van der Waals surface area contributed by atoms with Crippen LogP contribution in [0.15, 0.2) is 65.4 Å². The van der Waals surface area contributed by atoms with Crippen molar-refractivity contribution < 1.29 is 14.0 Å². The Labute approximate surface area is 175 Å². The van der Waals surface area contributed by atoms with Gasteiger partial charge in [0.05, 0.1) is 26.1 Å². The van der Waals surface area contributed by atoms with Gasteiger partial charge in [0.15, 0.2) is 5.76 Å². The van der Waals surface area contributed by atoms with E-state index in [1.807, 2.05) is 30.5 Å². The third-order valence-electron chi connectivity index (χ3n) is 5.80. The lowest BCUT2D eigenvalue weighted by molar-refractivity contribution is 0.414. The van der Waals surface area contributed by atoms with Crippen molar-refractivity contribution in [1.29, 1.82) is 0 Å². The van der Waals surface area contributed by atoms with E-state index in [0.29, 0.717) is 0 Å². The Morgan fingerprint density at radius 1 is 1.00 bits per heavy atom. The molecule has 1 aliphatic carbocycles. The summed E-state index contributed by atoms with van der Waals surface area (Å²) in [7, 11) is 3.39. The van der Waals surface area contributed by atoms with E-state index in [1.165, 1.54) is 27.9 Å². The number of rotatable bonds is 5. The number of fused-ring (bicyclic) bond motifs is 3. The van der Waals surface area contributed by atoms with Crippen LogP contribution < -0.4 is 9.47 Å². The van der Waals surface area contributed by atoms with Crippen molar-refractivity contribution in [3.63, 3.8) is 0 Å². The number of aryl methyl sites for hydroxylation is 1. The number of nitrogens with zero attached hydrogens (tertiary/aromatic N) is 2.